The van der Waals surface area contributed by atoms with Gasteiger partial charge in [-0.25, -0.2) is 0 Å². The second-order valence-electron chi connectivity index (χ2n) is 3.04. The van der Waals surface area contributed by atoms with Gasteiger partial charge in [0.25, 0.3) is 0 Å². The zero-order valence-corrected chi connectivity index (χ0v) is 8.21. The molecule has 0 aliphatic carbocycles. The average molecular weight is 190 g/mol. The Morgan fingerprint density at radius 3 is 2.71 bits per heavy atom. The van der Waals surface area contributed by atoms with Crippen LogP contribution in [0.2, 0.25) is 0 Å². The van der Waals surface area contributed by atoms with E-state index in [9.17, 15) is 4.79 Å². The summed E-state index contributed by atoms with van der Waals surface area (Å²) in [7, 11) is 1.60. The molecule has 0 aromatic heterocycles. The van der Waals surface area contributed by atoms with Crippen LogP contribution in [0.1, 0.15) is 12.0 Å². The smallest absolute Gasteiger partial charge is 0.224 e. The van der Waals surface area contributed by atoms with E-state index < -0.39 is 0 Å². The van der Waals surface area contributed by atoms with Gasteiger partial charge in [0.1, 0.15) is 0 Å². The van der Waals surface area contributed by atoms with Crippen LogP contribution in [-0.4, -0.2) is 13.0 Å². The summed E-state index contributed by atoms with van der Waals surface area (Å²) < 4.78 is 0. The van der Waals surface area contributed by atoms with Crippen molar-refractivity contribution in [1.29, 1.82) is 0 Å². The molecule has 0 aliphatic heterocycles. The first-order valence-corrected chi connectivity index (χ1v) is 4.38. The standard InChI is InChI=1S/C11H14N2O/c1-8(7-11(14)13-2)9-5-3-4-6-10(9)12/h3-6H,1,7,12H2,2H3,(H,13,14). The van der Waals surface area contributed by atoms with Gasteiger partial charge in [-0.1, -0.05) is 24.8 Å². The van der Waals surface area contributed by atoms with Gasteiger partial charge in [0, 0.05) is 18.3 Å². The third kappa shape index (κ3) is 2.36. The van der Waals surface area contributed by atoms with Crippen LogP contribution in [0.25, 0.3) is 5.57 Å². The average Bonchev–Trinajstić information content (AvgIpc) is 2.18. The molecule has 3 heteroatoms. The molecule has 0 unspecified atom stereocenters. The number of nitrogens with one attached hydrogen (secondary N) is 1. The van der Waals surface area contributed by atoms with Crippen molar-refractivity contribution in [3.05, 3.63) is 36.4 Å². The zero-order valence-electron chi connectivity index (χ0n) is 8.21. The van der Waals surface area contributed by atoms with Gasteiger partial charge in [-0.15, -0.1) is 0 Å². The molecule has 0 radical (unpaired) electrons. The Hall–Kier alpha value is -1.77. The summed E-state index contributed by atoms with van der Waals surface area (Å²) in [6, 6.07) is 7.39. The molecule has 74 valence electrons. The summed E-state index contributed by atoms with van der Waals surface area (Å²) in [4.78, 5) is 11.1. The van der Waals surface area contributed by atoms with Crippen LogP contribution in [0.5, 0.6) is 0 Å². The van der Waals surface area contributed by atoms with Crippen molar-refractivity contribution in [2.24, 2.45) is 0 Å². The van der Waals surface area contributed by atoms with E-state index in [4.69, 9.17) is 5.73 Å². The van der Waals surface area contributed by atoms with Crippen molar-refractivity contribution in [3.63, 3.8) is 0 Å². The van der Waals surface area contributed by atoms with Crippen molar-refractivity contribution < 1.29 is 4.79 Å². The number of anilines is 1. The molecule has 0 heterocycles. The van der Waals surface area contributed by atoms with Gasteiger partial charge in [0.15, 0.2) is 0 Å². The molecule has 0 saturated heterocycles. The van der Waals surface area contributed by atoms with Crippen LogP contribution in [0, 0.1) is 0 Å². The summed E-state index contributed by atoms with van der Waals surface area (Å²) in [6.07, 6.45) is 0.282. The van der Waals surface area contributed by atoms with Crippen molar-refractivity contribution in [2.75, 3.05) is 12.8 Å². The molecule has 3 nitrogen and oxygen atoms in total. The SMILES string of the molecule is C=C(CC(=O)NC)c1ccccc1N. The number of benzene rings is 1. The lowest BCUT2D eigenvalue weighted by atomic mass is 10.0. The van der Waals surface area contributed by atoms with Crippen molar-refractivity contribution >= 4 is 17.2 Å². The minimum Gasteiger partial charge on any atom is -0.398 e. The number of rotatable bonds is 3. The van der Waals surface area contributed by atoms with Gasteiger partial charge in [-0.05, 0) is 11.6 Å². The van der Waals surface area contributed by atoms with Crippen LogP contribution in [0.4, 0.5) is 5.69 Å². The maximum absolute atomic E-state index is 11.1. The van der Waals surface area contributed by atoms with E-state index in [2.05, 4.69) is 11.9 Å². The third-order valence-electron chi connectivity index (χ3n) is 1.99. The Morgan fingerprint density at radius 2 is 2.14 bits per heavy atom. The van der Waals surface area contributed by atoms with Gasteiger partial charge < -0.3 is 11.1 Å². The van der Waals surface area contributed by atoms with Gasteiger partial charge in [-0.2, -0.15) is 0 Å². The number of amides is 1. The monoisotopic (exact) mass is 190 g/mol. The van der Waals surface area contributed by atoms with E-state index in [1.807, 2.05) is 18.2 Å². The predicted molar refractivity (Wildman–Crippen MR) is 58.6 cm³/mol. The quantitative estimate of drug-likeness (QED) is 0.708. The summed E-state index contributed by atoms with van der Waals surface area (Å²) in [5.41, 5.74) is 7.98. The highest BCUT2D eigenvalue weighted by molar-refractivity contribution is 5.90. The maximum atomic E-state index is 11.1. The maximum Gasteiger partial charge on any atom is 0.224 e. The number of nitrogen functional groups attached to an aromatic ring is 1. The Labute approximate surface area is 83.6 Å². The molecule has 14 heavy (non-hydrogen) atoms. The van der Waals surface area contributed by atoms with Crippen molar-refractivity contribution in [3.8, 4) is 0 Å². The van der Waals surface area contributed by atoms with E-state index in [1.54, 1.807) is 13.1 Å². The van der Waals surface area contributed by atoms with Gasteiger partial charge in [0.2, 0.25) is 5.91 Å². The fraction of sp³-hybridized carbons (Fsp3) is 0.182. The normalized spacial score (nSPS) is 9.50. The largest absolute Gasteiger partial charge is 0.398 e. The molecule has 1 amide bonds. The molecule has 1 aromatic rings. The number of nitrogens with two attached hydrogens (primary N) is 1. The predicted octanol–water partition coefficient (Wildman–Crippen LogP) is 1.42. The molecule has 0 atom stereocenters. The highest BCUT2D eigenvalue weighted by atomic mass is 16.1. The third-order valence-corrected chi connectivity index (χ3v) is 1.99. The molecular weight excluding hydrogens is 176 g/mol. The minimum atomic E-state index is -0.0572. The molecular formula is C11H14N2O. The summed E-state index contributed by atoms with van der Waals surface area (Å²) in [5, 5.41) is 2.54. The van der Waals surface area contributed by atoms with Crippen LogP contribution >= 0.6 is 0 Å². The molecule has 0 saturated carbocycles. The molecule has 1 rings (SSSR count). The Balaban J connectivity index is 2.80. The molecule has 0 aliphatic rings. The van der Waals surface area contributed by atoms with Crippen LogP contribution in [0.3, 0.4) is 0 Å². The molecule has 0 spiro atoms. The molecule has 1 aromatic carbocycles. The lowest BCUT2D eigenvalue weighted by Gasteiger charge is -2.07. The van der Waals surface area contributed by atoms with E-state index >= 15 is 0 Å². The lowest BCUT2D eigenvalue weighted by Crippen LogP contribution is -2.17. The lowest BCUT2D eigenvalue weighted by molar-refractivity contribution is -0.119. The molecule has 0 bridgehead atoms. The van der Waals surface area contributed by atoms with E-state index in [0.29, 0.717) is 5.69 Å². The number of para-hydroxylation sites is 1. The van der Waals surface area contributed by atoms with Crippen LogP contribution < -0.4 is 11.1 Å². The van der Waals surface area contributed by atoms with Crippen LogP contribution in [0.15, 0.2) is 30.8 Å². The number of hydrogen-bond donors (Lipinski definition) is 2. The highest BCUT2D eigenvalue weighted by Gasteiger charge is 2.06. The van der Waals surface area contributed by atoms with Gasteiger partial charge in [-0.3, -0.25) is 4.79 Å². The Kier molecular flexibility index (Phi) is 3.29. The van der Waals surface area contributed by atoms with Crippen molar-refractivity contribution in [2.45, 2.75) is 6.42 Å². The highest BCUT2D eigenvalue weighted by Crippen LogP contribution is 2.21. The molecule has 3 N–H and O–H groups in total. The summed E-state index contributed by atoms with van der Waals surface area (Å²) >= 11 is 0. The van der Waals surface area contributed by atoms with Crippen LogP contribution in [-0.2, 0) is 4.79 Å². The van der Waals surface area contributed by atoms with Crippen molar-refractivity contribution in [1.82, 2.24) is 5.32 Å². The summed E-state index contributed by atoms with van der Waals surface area (Å²) in [6.45, 7) is 3.83. The number of carbonyl (C=O) groups excluding carboxylic acids is 1. The Bertz CT molecular complexity index is 358. The number of carbonyl (C=O) groups is 1. The zero-order chi connectivity index (χ0) is 10.6. The summed E-state index contributed by atoms with van der Waals surface area (Å²) in [5.74, 6) is -0.0572. The second-order valence-corrected chi connectivity index (χ2v) is 3.04. The second kappa shape index (κ2) is 4.46. The topological polar surface area (TPSA) is 55.1 Å². The first kappa shape index (κ1) is 10.3. The first-order chi connectivity index (χ1) is 6.65. The van der Waals surface area contributed by atoms with Gasteiger partial charge in [0.05, 0.1) is 6.42 Å². The minimum absolute atomic E-state index is 0.0572. The first-order valence-electron chi connectivity index (χ1n) is 4.38. The van der Waals surface area contributed by atoms with E-state index in [1.165, 1.54) is 0 Å². The van der Waals surface area contributed by atoms with E-state index in [-0.39, 0.29) is 12.3 Å². The van der Waals surface area contributed by atoms with Gasteiger partial charge >= 0.3 is 0 Å². The molecule has 0 fully saturated rings. The number of hydrogen-bond acceptors (Lipinski definition) is 2. The fourth-order valence-electron chi connectivity index (χ4n) is 1.20. The van der Waals surface area contributed by atoms with E-state index in [0.717, 1.165) is 11.1 Å². The fourth-order valence-corrected chi connectivity index (χ4v) is 1.20. The Morgan fingerprint density at radius 1 is 1.50 bits per heavy atom.